The maximum atomic E-state index is 13.3. The number of alkyl halides is 3. The quantitative estimate of drug-likeness (QED) is 0.637. The third kappa shape index (κ3) is 4.36. The van der Waals surface area contributed by atoms with Gasteiger partial charge in [0.15, 0.2) is 5.60 Å². The first-order chi connectivity index (χ1) is 13.4. The predicted molar refractivity (Wildman–Crippen MR) is 94.3 cm³/mol. The van der Waals surface area contributed by atoms with Gasteiger partial charge in [0, 0.05) is 5.56 Å². The first-order valence-corrected chi connectivity index (χ1v) is 8.59. The molecule has 29 heavy (non-hydrogen) atoms. The summed E-state index contributed by atoms with van der Waals surface area (Å²) in [4.78, 5) is 37.3. The molecule has 0 N–H and O–H groups in total. The van der Waals surface area contributed by atoms with Crippen molar-refractivity contribution in [3.8, 4) is 0 Å². The number of rotatable bonds is 7. The van der Waals surface area contributed by atoms with E-state index in [1.807, 2.05) is 0 Å². The van der Waals surface area contributed by atoms with E-state index in [0.29, 0.717) is 0 Å². The van der Waals surface area contributed by atoms with Crippen LogP contribution >= 0.6 is 0 Å². The van der Waals surface area contributed by atoms with Crippen LogP contribution in [0.3, 0.4) is 0 Å². The monoisotopic (exact) mass is 415 g/mol. The summed E-state index contributed by atoms with van der Waals surface area (Å²) in [5.41, 5.74) is -2.71. The third-order valence-corrected chi connectivity index (χ3v) is 4.14. The average Bonchev–Trinajstić information content (AvgIpc) is 2.65. The molecule has 7 nitrogen and oxygen atoms in total. The topological polar surface area (TPSA) is 82.1 Å². The van der Waals surface area contributed by atoms with Crippen LogP contribution < -0.4 is 0 Å². The van der Waals surface area contributed by atoms with Crippen molar-refractivity contribution in [3.63, 3.8) is 0 Å². The van der Waals surface area contributed by atoms with Gasteiger partial charge in [0.2, 0.25) is 5.76 Å². The van der Waals surface area contributed by atoms with Gasteiger partial charge in [-0.1, -0.05) is 18.2 Å². The molecule has 0 aromatic heterocycles. The molecule has 0 fully saturated rings. The number of carbonyl (C=O) groups is 3. The Bertz CT molecular complexity index is 860. The van der Waals surface area contributed by atoms with E-state index < -0.39 is 41.9 Å². The van der Waals surface area contributed by atoms with Gasteiger partial charge in [0.1, 0.15) is 12.2 Å². The maximum Gasteiger partial charge on any atom is 0.427 e. The highest BCUT2D eigenvalue weighted by Gasteiger charge is 2.53. The fraction of sp³-hybridized carbons (Fsp3) is 0.421. The van der Waals surface area contributed by atoms with E-state index in [-0.39, 0.29) is 23.4 Å². The van der Waals surface area contributed by atoms with Crippen LogP contribution in [0, 0.1) is 0 Å². The van der Waals surface area contributed by atoms with E-state index in [9.17, 15) is 27.6 Å². The van der Waals surface area contributed by atoms with Gasteiger partial charge >= 0.3 is 18.1 Å². The molecule has 1 heterocycles. The molecule has 0 aliphatic carbocycles. The Hall–Kier alpha value is -3.04. The van der Waals surface area contributed by atoms with Crippen molar-refractivity contribution >= 4 is 23.5 Å². The van der Waals surface area contributed by atoms with Gasteiger partial charge in [-0.05, 0) is 26.8 Å². The second-order valence-corrected chi connectivity index (χ2v) is 6.52. The molecule has 0 bridgehead atoms. The Morgan fingerprint density at radius 1 is 1.14 bits per heavy atom. The standard InChI is InChI=1S/C19H20F3NO6/c1-5-28-13(24)10-23-14(11-8-6-7-9-12(11)17(26)27-4)15(16(23)25)29-18(2,3)19(20,21)22/h6-9H,5,10H2,1-4H3. The molecule has 0 atom stereocenters. The molecule has 10 heteroatoms. The fourth-order valence-corrected chi connectivity index (χ4v) is 2.53. The zero-order chi connectivity index (χ0) is 22.0. The summed E-state index contributed by atoms with van der Waals surface area (Å²) in [6, 6.07) is 5.83. The number of nitrogens with zero attached hydrogens (tertiary/aromatic N) is 1. The molecule has 0 radical (unpaired) electrons. The Morgan fingerprint density at radius 3 is 2.31 bits per heavy atom. The minimum Gasteiger partial charge on any atom is -0.471 e. The molecule has 1 amide bonds. The smallest absolute Gasteiger partial charge is 0.427 e. The van der Waals surface area contributed by atoms with Crippen molar-refractivity contribution in [2.45, 2.75) is 32.5 Å². The number of amides is 1. The molecular weight excluding hydrogens is 395 g/mol. The van der Waals surface area contributed by atoms with Crippen LogP contribution in [0.1, 0.15) is 36.7 Å². The Morgan fingerprint density at radius 2 is 1.76 bits per heavy atom. The molecule has 2 rings (SSSR count). The molecule has 0 saturated heterocycles. The van der Waals surface area contributed by atoms with Crippen molar-refractivity contribution in [3.05, 3.63) is 41.2 Å². The van der Waals surface area contributed by atoms with Crippen LogP contribution in [0.5, 0.6) is 0 Å². The minimum absolute atomic E-state index is 0.00252. The number of methoxy groups -OCH3 is 1. The van der Waals surface area contributed by atoms with Gasteiger partial charge in [0.25, 0.3) is 5.91 Å². The normalized spacial score (nSPS) is 14.4. The van der Waals surface area contributed by atoms with Crippen LogP contribution in [0.4, 0.5) is 13.2 Å². The lowest BCUT2D eigenvalue weighted by Crippen LogP contribution is -2.50. The maximum absolute atomic E-state index is 13.3. The summed E-state index contributed by atoms with van der Waals surface area (Å²) in [7, 11) is 1.14. The number of carbonyl (C=O) groups excluding carboxylic acids is 3. The summed E-state index contributed by atoms with van der Waals surface area (Å²) in [6.07, 6.45) is -4.77. The number of ether oxygens (including phenoxy) is 3. The zero-order valence-electron chi connectivity index (χ0n) is 16.3. The number of halogens is 3. The summed E-state index contributed by atoms with van der Waals surface area (Å²) in [5.74, 6) is -3.06. The molecule has 1 aliphatic heterocycles. The molecule has 0 spiro atoms. The molecular formula is C19H20F3NO6. The fourth-order valence-electron chi connectivity index (χ4n) is 2.53. The van der Waals surface area contributed by atoms with Crippen LogP contribution in [0.15, 0.2) is 30.0 Å². The van der Waals surface area contributed by atoms with E-state index in [4.69, 9.17) is 14.2 Å². The minimum atomic E-state index is -4.77. The lowest BCUT2D eigenvalue weighted by molar-refractivity contribution is -0.252. The number of hydrogen-bond acceptors (Lipinski definition) is 6. The lowest BCUT2D eigenvalue weighted by Gasteiger charge is -2.39. The van der Waals surface area contributed by atoms with Gasteiger partial charge in [-0.15, -0.1) is 0 Å². The lowest BCUT2D eigenvalue weighted by atomic mass is 9.97. The van der Waals surface area contributed by atoms with Crippen LogP contribution in [0.25, 0.3) is 5.70 Å². The highest BCUT2D eigenvalue weighted by molar-refractivity contribution is 6.15. The largest absolute Gasteiger partial charge is 0.471 e. The third-order valence-electron chi connectivity index (χ3n) is 4.14. The van der Waals surface area contributed by atoms with Crippen LogP contribution in [-0.4, -0.2) is 54.8 Å². The van der Waals surface area contributed by atoms with E-state index in [0.717, 1.165) is 25.9 Å². The highest BCUT2D eigenvalue weighted by atomic mass is 19.4. The molecule has 158 valence electrons. The average molecular weight is 415 g/mol. The molecule has 1 aromatic rings. The number of benzene rings is 1. The van der Waals surface area contributed by atoms with E-state index in [1.54, 1.807) is 6.92 Å². The Labute approximate surface area is 165 Å². The van der Waals surface area contributed by atoms with Crippen molar-refractivity contribution in [2.24, 2.45) is 0 Å². The Balaban J connectivity index is 2.57. The van der Waals surface area contributed by atoms with Crippen molar-refractivity contribution in [1.29, 1.82) is 0 Å². The molecule has 1 aliphatic rings. The summed E-state index contributed by atoms with van der Waals surface area (Å²) >= 11 is 0. The van der Waals surface area contributed by atoms with E-state index in [2.05, 4.69) is 0 Å². The molecule has 0 saturated carbocycles. The Kier molecular flexibility index (Phi) is 6.24. The van der Waals surface area contributed by atoms with E-state index >= 15 is 0 Å². The highest BCUT2D eigenvalue weighted by Crippen LogP contribution is 2.42. The van der Waals surface area contributed by atoms with Crippen molar-refractivity contribution in [2.75, 3.05) is 20.3 Å². The summed E-state index contributed by atoms with van der Waals surface area (Å²) in [5, 5.41) is 0. The first kappa shape index (κ1) is 22.3. The van der Waals surface area contributed by atoms with E-state index in [1.165, 1.54) is 24.3 Å². The number of esters is 2. The van der Waals surface area contributed by atoms with Gasteiger partial charge in [-0.3, -0.25) is 14.5 Å². The van der Waals surface area contributed by atoms with Crippen LogP contribution in [-0.2, 0) is 23.8 Å². The van der Waals surface area contributed by atoms with Gasteiger partial charge in [0.05, 0.1) is 19.3 Å². The number of hydrogen-bond donors (Lipinski definition) is 0. The zero-order valence-corrected chi connectivity index (χ0v) is 16.3. The van der Waals surface area contributed by atoms with Gasteiger partial charge in [-0.2, -0.15) is 13.2 Å². The second-order valence-electron chi connectivity index (χ2n) is 6.52. The SMILES string of the molecule is CCOC(=O)CN1C(=O)C(OC(C)(C)C(F)(F)F)=C1c1ccccc1C(=O)OC. The van der Waals surface area contributed by atoms with Crippen molar-refractivity contribution < 1.29 is 41.8 Å². The predicted octanol–water partition coefficient (Wildman–Crippen LogP) is 2.90. The summed E-state index contributed by atoms with van der Waals surface area (Å²) in [6.45, 7) is 2.62. The molecule has 1 aromatic carbocycles. The first-order valence-electron chi connectivity index (χ1n) is 8.59. The second kappa shape index (κ2) is 8.14. The van der Waals surface area contributed by atoms with Crippen molar-refractivity contribution in [1.82, 2.24) is 4.90 Å². The van der Waals surface area contributed by atoms with Crippen LogP contribution in [0.2, 0.25) is 0 Å². The summed E-state index contributed by atoms with van der Waals surface area (Å²) < 4.78 is 54.3. The van der Waals surface area contributed by atoms with Gasteiger partial charge in [-0.25, -0.2) is 4.79 Å². The molecule has 0 unspecified atom stereocenters. The van der Waals surface area contributed by atoms with Gasteiger partial charge < -0.3 is 14.2 Å².